The molecule has 1 heterocycles. The average Bonchev–Trinajstić information content (AvgIpc) is 2.95. The number of carboxylic acids is 1. The van der Waals surface area contributed by atoms with Crippen LogP contribution in [0, 0.1) is 11.7 Å². The second-order valence-corrected chi connectivity index (χ2v) is 5.07. The van der Waals surface area contributed by atoms with E-state index in [0.29, 0.717) is 31.0 Å². The number of hydrogen-bond donors (Lipinski definition) is 1. The maximum atomic E-state index is 14.0. The summed E-state index contributed by atoms with van der Waals surface area (Å²) in [4.78, 5) is 13.2. The SMILES string of the molecule is CCN(Cc1ccc(OC)cc1F)C1COCC1C(=O)O. The highest BCUT2D eigenvalue weighted by atomic mass is 19.1. The third kappa shape index (κ3) is 3.51. The van der Waals surface area contributed by atoms with Crippen molar-refractivity contribution < 1.29 is 23.8 Å². The maximum Gasteiger partial charge on any atom is 0.310 e. The van der Waals surface area contributed by atoms with Crippen molar-refractivity contribution in [2.75, 3.05) is 26.9 Å². The molecule has 1 aromatic rings. The molecule has 1 fully saturated rings. The van der Waals surface area contributed by atoms with E-state index in [4.69, 9.17) is 9.47 Å². The van der Waals surface area contributed by atoms with Crippen LogP contribution in [0.2, 0.25) is 0 Å². The smallest absolute Gasteiger partial charge is 0.310 e. The van der Waals surface area contributed by atoms with E-state index < -0.39 is 11.9 Å². The van der Waals surface area contributed by atoms with Gasteiger partial charge in [0.05, 0.1) is 26.2 Å². The summed E-state index contributed by atoms with van der Waals surface area (Å²) < 4.78 is 24.3. The summed E-state index contributed by atoms with van der Waals surface area (Å²) in [5.74, 6) is -1.32. The molecule has 1 N–H and O–H groups in total. The number of rotatable bonds is 6. The lowest BCUT2D eigenvalue weighted by atomic mass is 10.0. The Morgan fingerprint density at radius 3 is 2.86 bits per heavy atom. The second kappa shape index (κ2) is 6.87. The normalized spacial score (nSPS) is 21.7. The number of nitrogens with zero attached hydrogens (tertiary/aromatic N) is 1. The van der Waals surface area contributed by atoms with Gasteiger partial charge in [-0.1, -0.05) is 13.0 Å². The molecule has 21 heavy (non-hydrogen) atoms. The van der Waals surface area contributed by atoms with Crippen LogP contribution in [0.1, 0.15) is 12.5 Å². The maximum absolute atomic E-state index is 14.0. The van der Waals surface area contributed by atoms with E-state index in [0.717, 1.165) is 0 Å². The number of benzene rings is 1. The van der Waals surface area contributed by atoms with Gasteiger partial charge in [-0.3, -0.25) is 9.69 Å². The lowest BCUT2D eigenvalue weighted by Crippen LogP contribution is -2.42. The first kappa shape index (κ1) is 15.7. The molecule has 1 saturated heterocycles. The number of hydrogen-bond acceptors (Lipinski definition) is 4. The molecule has 1 aromatic carbocycles. The van der Waals surface area contributed by atoms with Crippen LogP contribution in [-0.4, -0.2) is 48.9 Å². The highest BCUT2D eigenvalue weighted by molar-refractivity contribution is 5.71. The van der Waals surface area contributed by atoms with Gasteiger partial charge in [-0.25, -0.2) is 4.39 Å². The van der Waals surface area contributed by atoms with Gasteiger partial charge < -0.3 is 14.6 Å². The van der Waals surface area contributed by atoms with E-state index in [9.17, 15) is 14.3 Å². The van der Waals surface area contributed by atoms with Crippen LogP contribution in [0.3, 0.4) is 0 Å². The van der Waals surface area contributed by atoms with Crippen molar-refractivity contribution in [1.82, 2.24) is 4.90 Å². The molecule has 0 amide bonds. The molecule has 0 aromatic heterocycles. The molecule has 2 rings (SSSR count). The number of halogens is 1. The lowest BCUT2D eigenvalue weighted by molar-refractivity contribution is -0.143. The van der Waals surface area contributed by atoms with Crippen LogP contribution in [0.15, 0.2) is 18.2 Å². The van der Waals surface area contributed by atoms with Gasteiger partial charge in [-0.05, 0) is 12.6 Å². The van der Waals surface area contributed by atoms with E-state index in [1.165, 1.54) is 13.2 Å². The molecule has 2 unspecified atom stereocenters. The van der Waals surface area contributed by atoms with Gasteiger partial charge in [0, 0.05) is 24.2 Å². The van der Waals surface area contributed by atoms with Crippen molar-refractivity contribution in [3.63, 3.8) is 0 Å². The Kier molecular flexibility index (Phi) is 5.14. The summed E-state index contributed by atoms with van der Waals surface area (Å²) in [5.41, 5.74) is 0.522. The van der Waals surface area contributed by atoms with E-state index >= 15 is 0 Å². The van der Waals surface area contributed by atoms with Gasteiger partial charge >= 0.3 is 5.97 Å². The monoisotopic (exact) mass is 297 g/mol. The fourth-order valence-electron chi connectivity index (χ4n) is 2.60. The van der Waals surface area contributed by atoms with E-state index in [2.05, 4.69) is 0 Å². The van der Waals surface area contributed by atoms with Gasteiger partial charge in [0.2, 0.25) is 0 Å². The summed E-state index contributed by atoms with van der Waals surface area (Å²) in [6, 6.07) is 4.48. The first-order valence-corrected chi connectivity index (χ1v) is 6.93. The number of ether oxygens (including phenoxy) is 2. The molecule has 1 aliphatic rings. The molecule has 116 valence electrons. The summed E-state index contributed by atoms with van der Waals surface area (Å²) in [5, 5.41) is 9.22. The second-order valence-electron chi connectivity index (χ2n) is 5.07. The molecule has 2 atom stereocenters. The summed E-state index contributed by atoms with van der Waals surface area (Å²) in [6.07, 6.45) is 0. The molecule has 0 spiro atoms. The molecule has 0 radical (unpaired) electrons. The van der Waals surface area contributed by atoms with Gasteiger partial charge in [-0.15, -0.1) is 0 Å². The van der Waals surface area contributed by atoms with Gasteiger partial charge in [0.1, 0.15) is 11.6 Å². The quantitative estimate of drug-likeness (QED) is 0.867. The Morgan fingerprint density at radius 1 is 1.52 bits per heavy atom. The van der Waals surface area contributed by atoms with Gasteiger partial charge in [-0.2, -0.15) is 0 Å². The third-order valence-electron chi connectivity index (χ3n) is 3.88. The fourth-order valence-corrected chi connectivity index (χ4v) is 2.60. The number of carbonyl (C=O) groups is 1. The fraction of sp³-hybridized carbons (Fsp3) is 0.533. The predicted octanol–water partition coefficient (Wildman–Crippen LogP) is 1.76. The number of methoxy groups -OCH3 is 1. The number of likely N-dealkylation sites (N-methyl/N-ethyl adjacent to an activating group) is 1. The van der Waals surface area contributed by atoms with Crippen molar-refractivity contribution in [2.45, 2.75) is 19.5 Å². The number of carboxylic acid groups (broad SMARTS) is 1. The van der Waals surface area contributed by atoms with Crippen LogP contribution >= 0.6 is 0 Å². The van der Waals surface area contributed by atoms with E-state index in [1.54, 1.807) is 12.1 Å². The van der Waals surface area contributed by atoms with Crippen LogP contribution in [0.4, 0.5) is 4.39 Å². The van der Waals surface area contributed by atoms with Crippen molar-refractivity contribution >= 4 is 5.97 Å². The Labute approximate surface area is 123 Å². The summed E-state index contributed by atoms with van der Waals surface area (Å²) in [6.45, 7) is 3.48. The van der Waals surface area contributed by atoms with Crippen LogP contribution in [0.5, 0.6) is 5.75 Å². The highest BCUT2D eigenvalue weighted by Gasteiger charge is 2.37. The van der Waals surface area contributed by atoms with Crippen molar-refractivity contribution in [3.05, 3.63) is 29.6 Å². The Bertz CT molecular complexity index is 508. The minimum absolute atomic E-state index is 0.210. The minimum Gasteiger partial charge on any atom is -0.497 e. The topological polar surface area (TPSA) is 59.0 Å². The largest absolute Gasteiger partial charge is 0.497 e. The third-order valence-corrected chi connectivity index (χ3v) is 3.88. The molecule has 0 aliphatic carbocycles. The van der Waals surface area contributed by atoms with Crippen molar-refractivity contribution in [3.8, 4) is 5.75 Å². The first-order chi connectivity index (χ1) is 10.1. The first-order valence-electron chi connectivity index (χ1n) is 6.93. The number of aliphatic carboxylic acids is 1. The molecule has 0 saturated carbocycles. The zero-order chi connectivity index (χ0) is 15.4. The minimum atomic E-state index is -0.869. The molecule has 0 bridgehead atoms. The predicted molar refractivity (Wildman–Crippen MR) is 74.8 cm³/mol. The van der Waals surface area contributed by atoms with E-state index in [-0.39, 0.29) is 18.5 Å². The molecular formula is C15H20FNO4. The van der Waals surface area contributed by atoms with Crippen molar-refractivity contribution in [2.24, 2.45) is 5.92 Å². The average molecular weight is 297 g/mol. The summed E-state index contributed by atoms with van der Waals surface area (Å²) >= 11 is 0. The Morgan fingerprint density at radius 2 is 2.29 bits per heavy atom. The zero-order valence-corrected chi connectivity index (χ0v) is 12.2. The lowest BCUT2D eigenvalue weighted by Gasteiger charge is -2.29. The molecule has 1 aliphatic heterocycles. The summed E-state index contributed by atoms with van der Waals surface area (Å²) in [7, 11) is 1.49. The van der Waals surface area contributed by atoms with Crippen LogP contribution in [0.25, 0.3) is 0 Å². The highest BCUT2D eigenvalue weighted by Crippen LogP contribution is 2.24. The Hall–Kier alpha value is -1.66. The van der Waals surface area contributed by atoms with Gasteiger partial charge in [0.25, 0.3) is 0 Å². The van der Waals surface area contributed by atoms with E-state index in [1.807, 2.05) is 11.8 Å². The molecular weight excluding hydrogens is 277 g/mol. The molecule has 6 heteroatoms. The zero-order valence-electron chi connectivity index (χ0n) is 12.2. The van der Waals surface area contributed by atoms with Crippen molar-refractivity contribution in [1.29, 1.82) is 0 Å². The molecule has 5 nitrogen and oxygen atoms in total. The van der Waals surface area contributed by atoms with Crippen LogP contribution < -0.4 is 4.74 Å². The Balaban J connectivity index is 2.13. The standard InChI is InChI=1S/C15H20FNO4/c1-3-17(14-9-21-8-12(14)15(18)19)7-10-4-5-11(20-2)6-13(10)16/h4-6,12,14H,3,7-9H2,1-2H3,(H,18,19). The van der Waals surface area contributed by atoms with Gasteiger partial charge in [0.15, 0.2) is 0 Å². The van der Waals surface area contributed by atoms with Crippen LogP contribution in [-0.2, 0) is 16.1 Å².